The number of ether oxygens (including phenoxy) is 1. The third-order valence-electron chi connectivity index (χ3n) is 4.93. The average Bonchev–Trinajstić information content (AvgIpc) is 3.08. The number of hydrogen-bond acceptors (Lipinski definition) is 5. The molecule has 3 N–H and O–H groups in total. The zero-order valence-corrected chi connectivity index (χ0v) is 16.0. The third-order valence-corrected chi connectivity index (χ3v) is 5.22. The summed E-state index contributed by atoms with van der Waals surface area (Å²) in [7, 11) is 3.21. The number of nitrogens with two attached hydrogens (primary N) is 1. The fourth-order valence-corrected chi connectivity index (χ4v) is 3.58. The van der Waals surface area contributed by atoms with Crippen LogP contribution < -0.4 is 11.1 Å². The lowest BCUT2D eigenvalue weighted by Gasteiger charge is -2.32. The van der Waals surface area contributed by atoms with Crippen LogP contribution in [0.1, 0.15) is 36.8 Å². The number of benzene rings is 1. The highest BCUT2D eigenvalue weighted by Crippen LogP contribution is 2.34. The minimum absolute atomic E-state index is 0.00207. The molecule has 1 saturated carbocycles. The number of halogens is 2. The highest BCUT2D eigenvalue weighted by Gasteiger charge is 2.32. The number of likely N-dealkylation sites (N-methyl/N-ethyl adjacent to an activating group) is 1. The Morgan fingerprint density at radius 2 is 2.26 bits per heavy atom. The van der Waals surface area contributed by atoms with E-state index in [0.29, 0.717) is 23.8 Å². The summed E-state index contributed by atoms with van der Waals surface area (Å²) in [5.41, 5.74) is 6.72. The van der Waals surface area contributed by atoms with Gasteiger partial charge in [-0.15, -0.1) is 0 Å². The van der Waals surface area contributed by atoms with Gasteiger partial charge in [-0.05, 0) is 37.5 Å². The first-order chi connectivity index (χ1) is 12.9. The maximum atomic E-state index is 13.6. The Kier molecular flexibility index (Phi) is 6.08. The zero-order valence-electron chi connectivity index (χ0n) is 15.3. The molecule has 0 bridgehead atoms. The number of carbonyl (C=O) groups excluding carboxylic acids is 1. The van der Waals surface area contributed by atoms with Gasteiger partial charge in [0.1, 0.15) is 11.6 Å². The van der Waals surface area contributed by atoms with Crippen LogP contribution in [0.15, 0.2) is 18.2 Å². The standard InChI is InChI=1S/C18H23ClFN5O2/c1-22-17(26)9-16-23-18(10-3-6-14(21)15(7-10)27-2)25(24-16)11-4-5-13(20)12(19)8-11/h4-5,8,10,14-15H,3,6-7,9,21H2,1-2H3,(H,22,26)/t10-,14-,15-/m0/s1. The van der Waals surface area contributed by atoms with E-state index in [1.807, 2.05) is 0 Å². The molecule has 0 aliphatic heterocycles. The Morgan fingerprint density at radius 3 is 2.93 bits per heavy atom. The summed E-state index contributed by atoms with van der Waals surface area (Å²) in [6.45, 7) is 0. The molecule has 0 unspecified atom stereocenters. The van der Waals surface area contributed by atoms with Crippen LogP contribution in [0.3, 0.4) is 0 Å². The SMILES string of the molecule is CNC(=O)Cc1nc([C@H]2CC[C@H](N)[C@@H](OC)C2)n(-c2ccc(F)c(Cl)c2)n1. The van der Waals surface area contributed by atoms with E-state index in [9.17, 15) is 9.18 Å². The number of methoxy groups -OCH3 is 1. The van der Waals surface area contributed by atoms with Crippen LogP contribution in [-0.4, -0.2) is 47.0 Å². The largest absolute Gasteiger partial charge is 0.380 e. The van der Waals surface area contributed by atoms with E-state index < -0.39 is 5.82 Å². The van der Waals surface area contributed by atoms with Gasteiger partial charge >= 0.3 is 0 Å². The molecule has 1 aliphatic carbocycles. The number of rotatable bonds is 5. The minimum Gasteiger partial charge on any atom is -0.380 e. The second kappa shape index (κ2) is 8.33. The molecule has 1 fully saturated rings. The van der Waals surface area contributed by atoms with Crippen molar-refractivity contribution in [2.45, 2.75) is 43.7 Å². The molecule has 0 radical (unpaired) electrons. The number of aromatic nitrogens is 3. The normalized spacial score (nSPS) is 22.6. The Hall–Kier alpha value is -2.03. The number of nitrogens with zero attached hydrogens (tertiary/aromatic N) is 3. The highest BCUT2D eigenvalue weighted by molar-refractivity contribution is 6.30. The molecule has 0 spiro atoms. The van der Waals surface area contributed by atoms with E-state index in [-0.39, 0.29) is 35.4 Å². The molecular weight excluding hydrogens is 373 g/mol. The predicted octanol–water partition coefficient (Wildman–Crippen LogP) is 1.96. The molecule has 1 aromatic carbocycles. The van der Waals surface area contributed by atoms with E-state index in [2.05, 4.69) is 15.4 Å². The highest BCUT2D eigenvalue weighted by atomic mass is 35.5. The van der Waals surface area contributed by atoms with Crippen molar-refractivity contribution in [1.29, 1.82) is 0 Å². The van der Waals surface area contributed by atoms with Crippen LogP contribution in [0, 0.1) is 5.82 Å². The summed E-state index contributed by atoms with van der Waals surface area (Å²) in [6, 6.07) is 4.36. The van der Waals surface area contributed by atoms with Gasteiger partial charge in [-0.25, -0.2) is 14.1 Å². The zero-order chi connectivity index (χ0) is 19.6. The Bertz CT molecular complexity index is 828. The Morgan fingerprint density at radius 1 is 1.48 bits per heavy atom. The lowest BCUT2D eigenvalue weighted by molar-refractivity contribution is -0.120. The lowest BCUT2D eigenvalue weighted by atomic mass is 9.83. The molecule has 146 valence electrons. The second-order valence-electron chi connectivity index (χ2n) is 6.69. The molecule has 1 amide bonds. The van der Waals surface area contributed by atoms with Crippen LogP contribution in [0.25, 0.3) is 5.69 Å². The van der Waals surface area contributed by atoms with Crippen LogP contribution in [-0.2, 0) is 16.0 Å². The van der Waals surface area contributed by atoms with Gasteiger partial charge in [-0.3, -0.25) is 4.79 Å². The number of hydrogen-bond donors (Lipinski definition) is 2. The van der Waals surface area contributed by atoms with Gasteiger partial charge in [-0.2, -0.15) is 5.10 Å². The van der Waals surface area contributed by atoms with Crippen molar-refractivity contribution < 1.29 is 13.9 Å². The number of amides is 1. The molecule has 7 nitrogen and oxygen atoms in total. The summed E-state index contributed by atoms with van der Waals surface area (Å²) < 4.78 is 20.7. The monoisotopic (exact) mass is 395 g/mol. The first-order valence-corrected chi connectivity index (χ1v) is 9.21. The van der Waals surface area contributed by atoms with Gasteiger partial charge in [0.2, 0.25) is 5.91 Å². The molecule has 27 heavy (non-hydrogen) atoms. The van der Waals surface area contributed by atoms with Gasteiger partial charge in [0, 0.05) is 26.1 Å². The quantitative estimate of drug-likeness (QED) is 0.806. The fraction of sp³-hybridized carbons (Fsp3) is 0.500. The van der Waals surface area contributed by atoms with Gasteiger partial charge in [0.25, 0.3) is 0 Å². The molecular formula is C18H23ClFN5O2. The predicted molar refractivity (Wildman–Crippen MR) is 99.5 cm³/mol. The van der Waals surface area contributed by atoms with E-state index in [1.165, 1.54) is 12.1 Å². The lowest BCUT2D eigenvalue weighted by Crippen LogP contribution is -2.41. The van der Waals surface area contributed by atoms with Crippen LogP contribution in [0.5, 0.6) is 0 Å². The van der Waals surface area contributed by atoms with Crippen LogP contribution in [0.4, 0.5) is 4.39 Å². The topological polar surface area (TPSA) is 95.1 Å². The minimum atomic E-state index is -0.504. The first kappa shape index (κ1) is 19.7. The second-order valence-corrected chi connectivity index (χ2v) is 7.10. The maximum absolute atomic E-state index is 13.6. The van der Waals surface area contributed by atoms with E-state index in [4.69, 9.17) is 22.1 Å². The van der Waals surface area contributed by atoms with E-state index in [0.717, 1.165) is 12.8 Å². The van der Waals surface area contributed by atoms with Crippen molar-refractivity contribution in [2.24, 2.45) is 5.73 Å². The van der Waals surface area contributed by atoms with Crippen LogP contribution >= 0.6 is 11.6 Å². The number of carbonyl (C=O) groups is 1. The van der Waals surface area contributed by atoms with Crippen molar-refractivity contribution >= 4 is 17.5 Å². The molecule has 9 heteroatoms. The molecule has 1 aromatic heterocycles. The van der Waals surface area contributed by atoms with E-state index >= 15 is 0 Å². The van der Waals surface area contributed by atoms with Gasteiger partial charge in [0.05, 0.1) is 23.2 Å². The van der Waals surface area contributed by atoms with Crippen molar-refractivity contribution in [3.05, 3.63) is 40.7 Å². The summed E-state index contributed by atoms with van der Waals surface area (Å²) >= 11 is 5.94. The third kappa shape index (κ3) is 4.28. The van der Waals surface area contributed by atoms with Crippen molar-refractivity contribution in [3.8, 4) is 5.69 Å². The fourth-order valence-electron chi connectivity index (χ4n) is 3.40. The maximum Gasteiger partial charge on any atom is 0.227 e. The van der Waals surface area contributed by atoms with Crippen molar-refractivity contribution in [3.63, 3.8) is 0 Å². The van der Waals surface area contributed by atoms with Crippen LogP contribution in [0.2, 0.25) is 5.02 Å². The summed E-state index contributed by atoms with van der Waals surface area (Å²) in [6.07, 6.45) is 2.31. The summed E-state index contributed by atoms with van der Waals surface area (Å²) in [5, 5.41) is 7.04. The van der Waals surface area contributed by atoms with E-state index in [1.54, 1.807) is 24.9 Å². The number of nitrogens with one attached hydrogen (secondary N) is 1. The summed E-state index contributed by atoms with van der Waals surface area (Å²) in [5.74, 6) is 0.468. The van der Waals surface area contributed by atoms with Gasteiger partial charge < -0.3 is 15.8 Å². The van der Waals surface area contributed by atoms with Gasteiger partial charge in [-0.1, -0.05) is 11.6 Å². The first-order valence-electron chi connectivity index (χ1n) is 8.83. The Balaban J connectivity index is 1.99. The van der Waals surface area contributed by atoms with Gasteiger partial charge in [0.15, 0.2) is 5.82 Å². The molecule has 3 rings (SSSR count). The average molecular weight is 396 g/mol. The summed E-state index contributed by atoms with van der Waals surface area (Å²) in [4.78, 5) is 16.3. The molecule has 0 saturated heterocycles. The molecule has 1 heterocycles. The smallest absolute Gasteiger partial charge is 0.227 e. The Labute approximate surface area is 162 Å². The van der Waals surface area contributed by atoms with Crippen molar-refractivity contribution in [2.75, 3.05) is 14.2 Å². The molecule has 3 atom stereocenters. The van der Waals surface area contributed by atoms with Crippen molar-refractivity contribution in [1.82, 2.24) is 20.1 Å². The molecule has 2 aromatic rings. The molecule has 1 aliphatic rings.